The van der Waals surface area contributed by atoms with Crippen molar-refractivity contribution >= 4 is 34.5 Å². The highest BCUT2D eigenvalue weighted by molar-refractivity contribution is 7.80. The highest BCUT2D eigenvalue weighted by Gasteiger charge is 2.15. The Morgan fingerprint density at radius 3 is 2.62 bits per heavy atom. The molecule has 0 saturated carbocycles. The van der Waals surface area contributed by atoms with Crippen LogP contribution in [0, 0.1) is 13.8 Å². The Morgan fingerprint density at radius 2 is 2.00 bits per heavy atom. The summed E-state index contributed by atoms with van der Waals surface area (Å²) in [7, 11) is 2.00. The molecule has 0 aliphatic heterocycles. The van der Waals surface area contributed by atoms with Gasteiger partial charge in [-0.2, -0.15) is 0 Å². The van der Waals surface area contributed by atoms with Gasteiger partial charge < -0.3 is 10.6 Å². The van der Waals surface area contributed by atoms with Crippen molar-refractivity contribution in [1.82, 2.24) is 4.98 Å². The summed E-state index contributed by atoms with van der Waals surface area (Å²) in [5.74, 6) is 0. The largest absolute Gasteiger partial charge is 0.389 e. The first-order valence-corrected chi connectivity index (χ1v) is 7.41. The van der Waals surface area contributed by atoms with E-state index in [1.54, 1.807) is 0 Å². The van der Waals surface area contributed by atoms with Gasteiger partial charge in [-0.25, -0.2) is 0 Å². The molecule has 1 aromatic carbocycles. The monoisotopic (exact) mass is 319 g/mol. The number of hydrogen-bond acceptors (Lipinski definition) is 3. The molecule has 0 atom stereocenters. The van der Waals surface area contributed by atoms with Crippen molar-refractivity contribution in [3.05, 3.63) is 57.9 Å². The van der Waals surface area contributed by atoms with Crippen LogP contribution in [0.1, 0.15) is 22.5 Å². The summed E-state index contributed by atoms with van der Waals surface area (Å²) in [6, 6.07) is 9.81. The maximum atomic E-state index is 6.23. The van der Waals surface area contributed by atoms with Crippen LogP contribution in [0.4, 0.5) is 5.69 Å². The van der Waals surface area contributed by atoms with Crippen molar-refractivity contribution in [3.8, 4) is 0 Å². The lowest BCUT2D eigenvalue weighted by molar-refractivity contribution is 0.912. The standard InChI is InChI=1S/C16H18ClN3S/c1-10-8-14(15(16(18)21)11(2)19-10)20(3)9-12-6-4-5-7-13(12)17/h4-8H,9H2,1-3H3,(H2,18,21). The second-order valence-corrected chi connectivity index (χ2v) is 5.90. The zero-order valence-corrected chi connectivity index (χ0v) is 13.9. The van der Waals surface area contributed by atoms with Crippen LogP contribution >= 0.6 is 23.8 Å². The zero-order chi connectivity index (χ0) is 15.6. The molecule has 0 spiro atoms. The number of hydrogen-bond donors (Lipinski definition) is 1. The molecule has 2 N–H and O–H groups in total. The first-order valence-electron chi connectivity index (χ1n) is 6.62. The molecule has 2 rings (SSSR count). The van der Waals surface area contributed by atoms with Crippen LogP contribution in [-0.2, 0) is 6.54 Å². The third kappa shape index (κ3) is 3.52. The predicted octanol–water partition coefficient (Wildman–Crippen LogP) is 3.62. The van der Waals surface area contributed by atoms with Crippen molar-refractivity contribution in [2.75, 3.05) is 11.9 Å². The molecule has 0 aliphatic carbocycles. The zero-order valence-electron chi connectivity index (χ0n) is 12.4. The Labute approximate surface area is 135 Å². The van der Waals surface area contributed by atoms with Gasteiger partial charge >= 0.3 is 0 Å². The fourth-order valence-electron chi connectivity index (χ4n) is 2.38. The molecule has 1 heterocycles. The highest BCUT2D eigenvalue weighted by atomic mass is 35.5. The second kappa shape index (κ2) is 6.41. The Hall–Kier alpha value is -1.65. The van der Waals surface area contributed by atoms with Crippen molar-refractivity contribution in [1.29, 1.82) is 0 Å². The summed E-state index contributed by atoms with van der Waals surface area (Å²) in [6.45, 7) is 4.57. The minimum atomic E-state index is 0.362. The minimum absolute atomic E-state index is 0.362. The van der Waals surface area contributed by atoms with E-state index in [1.807, 2.05) is 51.2 Å². The van der Waals surface area contributed by atoms with Gasteiger partial charge in [0.15, 0.2) is 0 Å². The quantitative estimate of drug-likeness (QED) is 0.874. The minimum Gasteiger partial charge on any atom is -0.389 e. The van der Waals surface area contributed by atoms with E-state index in [2.05, 4.69) is 9.88 Å². The van der Waals surface area contributed by atoms with Gasteiger partial charge in [-0.3, -0.25) is 4.98 Å². The Morgan fingerprint density at radius 1 is 1.33 bits per heavy atom. The van der Waals surface area contributed by atoms with Crippen molar-refractivity contribution in [2.24, 2.45) is 5.73 Å². The number of pyridine rings is 1. The van der Waals surface area contributed by atoms with Crippen LogP contribution in [0.25, 0.3) is 0 Å². The number of aryl methyl sites for hydroxylation is 2. The fourth-order valence-corrected chi connectivity index (χ4v) is 2.83. The van der Waals surface area contributed by atoms with Crippen LogP contribution in [0.2, 0.25) is 5.02 Å². The van der Waals surface area contributed by atoms with Gasteiger partial charge in [0, 0.05) is 30.0 Å². The van der Waals surface area contributed by atoms with Crippen molar-refractivity contribution in [2.45, 2.75) is 20.4 Å². The summed E-state index contributed by atoms with van der Waals surface area (Å²) in [5, 5.41) is 0.753. The number of rotatable bonds is 4. The molecule has 0 aliphatic rings. The summed E-state index contributed by atoms with van der Waals surface area (Å²) in [6.07, 6.45) is 0. The summed E-state index contributed by atoms with van der Waals surface area (Å²) in [4.78, 5) is 6.90. The number of anilines is 1. The molecule has 0 fully saturated rings. The van der Waals surface area contributed by atoms with E-state index in [9.17, 15) is 0 Å². The van der Waals surface area contributed by atoms with Crippen molar-refractivity contribution < 1.29 is 0 Å². The molecular formula is C16H18ClN3S. The van der Waals surface area contributed by atoms with Gasteiger partial charge in [-0.05, 0) is 31.5 Å². The second-order valence-electron chi connectivity index (χ2n) is 5.05. The fraction of sp³-hybridized carbons (Fsp3) is 0.250. The molecule has 21 heavy (non-hydrogen) atoms. The lowest BCUT2D eigenvalue weighted by Gasteiger charge is -2.24. The smallest absolute Gasteiger partial charge is 0.107 e. The molecule has 2 aromatic rings. The Kier molecular flexibility index (Phi) is 4.80. The highest BCUT2D eigenvalue weighted by Crippen LogP contribution is 2.26. The van der Waals surface area contributed by atoms with Gasteiger partial charge in [0.25, 0.3) is 0 Å². The maximum absolute atomic E-state index is 6.23. The van der Waals surface area contributed by atoms with E-state index in [0.29, 0.717) is 11.5 Å². The van der Waals surface area contributed by atoms with Crippen LogP contribution in [-0.4, -0.2) is 17.0 Å². The first kappa shape index (κ1) is 15.7. The number of benzene rings is 1. The number of halogens is 1. The topological polar surface area (TPSA) is 42.1 Å². The lowest BCUT2D eigenvalue weighted by Crippen LogP contribution is -2.23. The molecule has 5 heteroatoms. The van der Waals surface area contributed by atoms with E-state index in [4.69, 9.17) is 29.6 Å². The molecule has 0 saturated heterocycles. The van der Waals surface area contributed by atoms with Crippen LogP contribution in [0.5, 0.6) is 0 Å². The van der Waals surface area contributed by atoms with Crippen LogP contribution in [0.3, 0.4) is 0 Å². The van der Waals surface area contributed by atoms with E-state index in [-0.39, 0.29) is 0 Å². The maximum Gasteiger partial charge on any atom is 0.107 e. The number of aromatic nitrogens is 1. The van der Waals surface area contributed by atoms with Crippen LogP contribution in [0.15, 0.2) is 30.3 Å². The summed E-state index contributed by atoms with van der Waals surface area (Å²) >= 11 is 11.4. The van der Waals surface area contributed by atoms with E-state index < -0.39 is 0 Å². The molecule has 110 valence electrons. The summed E-state index contributed by atoms with van der Waals surface area (Å²) < 4.78 is 0. The molecule has 0 amide bonds. The number of thiocarbonyl (C=S) groups is 1. The van der Waals surface area contributed by atoms with E-state index in [0.717, 1.165) is 33.2 Å². The van der Waals surface area contributed by atoms with Gasteiger partial charge in [-0.1, -0.05) is 42.0 Å². The number of nitrogens with two attached hydrogens (primary N) is 1. The van der Waals surface area contributed by atoms with Crippen molar-refractivity contribution in [3.63, 3.8) is 0 Å². The molecule has 0 bridgehead atoms. The molecule has 0 unspecified atom stereocenters. The van der Waals surface area contributed by atoms with Crippen LogP contribution < -0.4 is 10.6 Å². The molecule has 3 nitrogen and oxygen atoms in total. The van der Waals surface area contributed by atoms with Gasteiger partial charge in [-0.15, -0.1) is 0 Å². The average molecular weight is 320 g/mol. The van der Waals surface area contributed by atoms with E-state index in [1.165, 1.54) is 0 Å². The van der Waals surface area contributed by atoms with Gasteiger partial charge in [0.1, 0.15) is 4.99 Å². The third-order valence-corrected chi connectivity index (χ3v) is 3.90. The van der Waals surface area contributed by atoms with E-state index >= 15 is 0 Å². The normalized spacial score (nSPS) is 10.5. The number of nitrogens with zero attached hydrogens (tertiary/aromatic N) is 2. The third-order valence-electron chi connectivity index (χ3n) is 3.33. The predicted molar refractivity (Wildman–Crippen MR) is 93.2 cm³/mol. The Bertz CT molecular complexity index is 685. The SMILES string of the molecule is Cc1cc(N(C)Cc2ccccc2Cl)c(C(N)=S)c(C)n1. The first-order chi connectivity index (χ1) is 9.90. The van der Waals surface area contributed by atoms with Gasteiger partial charge in [0.2, 0.25) is 0 Å². The molecular weight excluding hydrogens is 302 g/mol. The molecule has 1 aromatic heterocycles. The average Bonchev–Trinajstić information content (AvgIpc) is 2.39. The lowest BCUT2D eigenvalue weighted by atomic mass is 10.1. The Balaban J connectivity index is 2.41. The van der Waals surface area contributed by atoms with Gasteiger partial charge in [0.05, 0.1) is 11.3 Å². The summed E-state index contributed by atoms with van der Waals surface area (Å²) in [5.41, 5.74) is 10.5. The molecule has 0 radical (unpaired) electrons.